The number of benzene rings is 3. The largest absolute Gasteiger partial charge is 0.508 e. The van der Waals surface area contributed by atoms with E-state index in [-0.39, 0.29) is 5.75 Å². The first kappa shape index (κ1) is 13.3. The topological polar surface area (TPSA) is 23.5 Å². The molecule has 104 valence electrons. The summed E-state index contributed by atoms with van der Waals surface area (Å²) in [5.74, 6) is 0.274. The number of aromatic hydroxyl groups is 1. The number of para-hydroxylation sites is 1. The van der Waals surface area contributed by atoms with E-state index in [9.17, 15) is 5.11 Å². The van der Waals surface area contributed by atoms with Gasteiger partial charge in [-0.1, -0.05) is 30.3 Å². The lowest BCUT2D eigenvalue weighted by molar-refractivity contribution is 0.475. The molecule has 0 heterocycles. The Bertz CT molecular complexity index is 720. The zero-order valence-corrected chi connectivity index (χ0v) is 11.9. The molecule has 1 N–H and O–H groups in total. The number of hydrogen-bond acceptors (Lipinski definition) is 2. The van der Waals surface area contributed by atoms with Crippen molar-refractivity contribution in [1.82, 2.24) is 0 Å². The van der Waals surface area contributed by atoms with Crippen LogP contribution in [0.2, 0.25) is 0 Å². The second-order valence-electron chi connectivity index (χ2n) is 5.03. The summed E-state index contributed by atoms with van der Waals surface area (Å²) >= 11 is 0. The molecule has 0 saturated carbocycles. The van der Waals surface area contributed by atoms with Gasteiger partial charge in [0, 0.05) is 17.1 Å². The molecule has 2 heteroatoms. The Kier molecular flexibility index (Phi) is 3.61. The maximum Gasteiger partial charge on any atom is 0.115 e. The van der Waals surface area contributed by atoms with Crippen LogP contribution in [0.4, 0.5) is 17.1 Å². The van der Waals surface area contributed by atoms with Crippen LogP contribution >= 0.6 is 0 Å². The van der Waals surface area contributed by atoms with Crippen molar-refractivity contribution in [2.45, 2.75) is 6.92 Å². The number of rotatable bonds is 3. The van der Waals surface area contributed by atoms with Gasteiger partial charge in [0.15, 0.2) is 0 Å². The molecule has 3 aromatic rings. The number of phenolic OH excluding ortho intramolecular Hbond substituents is 1. The van der Waals surface area contributed by atoms with Gasteiger partial charge >= 0.3 is 0 Å². The second kappa shape index (κ2) is 5.71. The van der Waals surface area contributed by atoms with Crippen LogP contribution in [-0.2, 0) is 0 Å². The SMILES string of the molecule is Cc1cccc(N(c2ccccc2)c2ccc(O)cc2)c1. The first-order valence-electron chi connectivity index (χ1n) is 6.95. The minimum Gasteiger partial charge on any atom is -0.508 e. The molecular weight excluding hydrogens is 258 g/mol. The van der Waals surface area contributed by atoms with Gasteiger partial charge in [-0.15, -0.1) is 0 Å². The highest BCUT2D eigenvalue weighted by molar-refractivity contribution is 5.76. The molecule has 0 aliphatic heterocycles. The molecule has 0 aliphatic rings. The quantitative estimate of drug-likeness (QED) is 0.712. The van der Waals surface area contributed by atoms with Gasteiger partial charge in [-0.3, -0.25) is 0 Å². The highest BCUT2D eigenvalue weighted by Gasteiger charge is 2.11. The van der Waals surface area contributed by atoms with Gasteiger partial charge in [-0.25, -0.2) is 0 Å². The summed E-state index contributed by atoms with van der Waals surface area (Å²) in [5, 5.41) is 9.51. The van der Waals surface area contributed by atoms with Crippen molar-refractivity contribution in [3.63, 3.8) is 0 Å². The Morgan fingerprint density at radius 3 is 1.95 bits per heavy atom. The fourth-order valence-electron chi connectivity index (χ4n) is 2.39. The first-order valence-corrected chi connectivity index (χ1v) is 6.95. The molecule has 0 fully saturated rings. The van der Waals surface area contributed by atoms with E-state index in [0.29, 0.717) is 0 Å². The van der Waals surface area contributed by atoms with E-state index >= 15 is 0 Å². The fraction of sp³-hybridized carbons (Fsp3) is 0.0526. The second-order valence-corrected chi connectivity index (χ2v) is 5.03. The normalized spacial score (nSPS) is 10.3. The summed E-state index contributed by atoms with van der Waals surface area (Å²) in [6.45, 7) is 2.09. The molecule has 2 nitrogen and oxygen atoms in total. The van der Waals surface area contributed by atoms with E-state index in [0.717, 1.165) is 17.1 Å². The Morgan fingerprint density at radius 1 is 0.667 bits per heavy atom. The van der Waals surface area contributed by atoms with Crippen LogP contribution in [0.25, 0.3) is 0 Å². The Balaban J connectivity index is 2.13. The minimum atomic E-state index is 0.274. The fourth-order valence-corrected chi connectivity index (χ4v) is 2.39. The van der Waals surface area contributed by atoms with Crippen LogP contribution < -0.4 is 4.90 Å². The van der Waals surface area contributed by atoms with Crippen molar-refractivity contribution in [3.05, 3.63) is 84.4 Å². The average Bonchev–Trinajstić information content (AvgIpc) is 2.51. The van der Waals surface area contributed by atoms with Gasteiger partial charge in [0.1, 0.15) is 5.75 Å². The number of anilines is 3. The smallest absolute Gasteiger partial charge is 0.115 e. The lowest BCUT2D eigenvalue weighted by atomic mass is 10.1. The average molecular weight is 275 g/mol. The van der Waals surface area contributed by atoms with E-state index in [1.807, 2.05) is 30.3 Å². The Hall–Kier alpha value is -2.74. The van der Waals surface area contributed by atoms with E-state index in [4.69, 9.17) is 0 Å². The van der Waals surface area contributed by atoms with Crippen molar-refractivity contribution < 1.29 is 5.11 Å². The third kappa shape index (κ3) is 2.90. The highest BCUT2D eigenvalue weighted by Crippen LogP contribution is 2.35. The van der Waals surface area contributed by atoms with Crippen molar-refractivity contribution in [2.75, 3.05) is 4.90 Å². The van der Waals surface area contributed by atoms with Crippen LogP contribution in [0.15, 0.2) is 78.9 Å². The zero-order valence-electron chi connectivity index (χ0n) is 11.9. The van der Waals surface area contributed by atoms with Crippen molar-refractivity contribution >= 4 is 17.1 Å². The Labute approximate surface area is 124 Å². The lowest BCUT2D eigenvalue weighted by Gasteiger charge is -2.25. The van der Waals surface area contributed by atoms with Crippen LogP contribution in [0.1, 0.15) is 5.56 Å². The van der Waals surface area contributed by atoms with E-state index in [1.54, 1.807) is 12.1 Å². The van der Waals surface area contributed by atoms with Gasteiger partial charge in [0.05, 0.1) is 0 Å². The zero-order chi connectivity index (χ0) is 14.7. The number of nitrogens with zero attached hydrogens (tertiary/aromatic N) is 1. The summed E-state index contributed by atoms with van der Waals surface area (Å²) in [4.78, 5) is 2.17. The van der Waals surface area contributed by atoms with Crippen LogP contribution in [-0.4, -0.2) is 5.11 Å². The van der Waals surface area contributed by atoms with Crippen LogP contribution in [0.3, 0.4) is 0 Å². The van der Waals surface area contributed by atoms with Gasteiger partial charge in [0.25, 0.3) is 0 Å². The predicted molar refractivity (Wildman–Crippen MR) is 87.5 cm³/mol. The third-order valence-electron chi connectivity index (χ3n) is 3.38. The monoisotopic (exact) mass is 275 g/mol. The maximum absolute atomic E-state index is 9.51. The summed E-state index contributed by atoms with van der Waals surface area (Å²) < 4.78 is 0. The molecular formula is C19H17NO. The molecule has 0 spiro atoms. The Morgan fingerprint density at radius 2 is 1.29 bits per heavy atom. The van der Waals surface area contributed by atoms with E-state index in [2.05, 4.69) is 48.2 Å². The molecule has 0 aliphatic carbocycles. The molecule has 0 unspecified atom stereocenters. The summed E-state index contributed by atoms with van der Waals surface area (Å²) in [5.41, 5.74) is 4.43. The maximum atomic E-state index is 9.51. The van der Waals surface area contributed by atoms with E-state index in [1.165, 1.54) is 5.56 Å². The summed E-state index contributed by atoms with van der Waals surface area (Å²) in [6, 6.07) is 25.9. The van der Waals surface area contributed by atoms with Crippen molar-refractivity contribution in [3.8, 4) is 5.75 Å². The molecule has 3 rings (SSSR count). The van der Waals surface area contributed by atoms with Crippen molar-refractivity contribution in [1.29, 1.82) is 0 Å². The molecule has 21 heavy (non-hydrogen) atoms. The van der Waals surface area contributed by atoms with Gasteiger partial charge in [0.2, 0.25) is 0 Å². The van der Waals surface area contributed by atoms with Gasteiger partial charge in [-0.05, 0) is 61.0 Å². The standard InChI is InChI=1S/C19H17NO/c1-15-6-5-9-18(14-15)20(16-7-3-2-4-8-16)17-10-12-19(21)13-11-17/h2-14,21H,1H3. The van der Waals surface area contributed by atoms with Gasteiger partial charge < -0.3 is 10.0 Å². The summed E-state index contributed by atoms with van der Waals surface area (Å²) in [6.07, 6.45) is 0. The minimum absolute atomic E-state index is 0.274. The van der Waals surface area contributed by atoms with Crippen LogP contribution in [0, 0.1) is 6.92 Å². The molecule has 0 saturated heterocycles. The molecule has 0 aromatic heterocycles. The first-order chi connectivity index (χ1) is 10.2. The molecule has 0 bridgehead atoms. The number of hydrogen-bond donors (Lipinski definition) is 1. The van der Waals surface area contributed by atoms with E-state index < -0.39 is 0 Å². The molecule has 0 atom stereocenters. The van der Waals surface area contributed by atoms with Crippen molar-refractivity contribution in [2.24, 2.45) is 0 Å². The predicted octanol–water partition coefficient (Wildman–Crippen LogP) is 5.17. The highest BCUT2D eigenvalue weighted by atomic mass is 16.3. The number of phenols is 1. The lowest BCUT2D eigenvalue weighted by Crippen LogP contribution is -2.09. The van der Waals surface area contributed by atoms with Crippen LogP contribution in [0.5, 0.6) is 5.75 Å². The summed E-state index contributed by atoms with van der Waals surface area (Å²) in [7, 11) is 0. The molecule has 0 amide bonds. The van der Waals surface area contributed by atoms with Gasteiger partial charge in [-0.2, -0.15) is 0 Å². The molecule has 3 aromatic carbocycles. The third-order valence-corrected chi connectivity index (χ3v) is 3.38. The molecule has 0 radical (unpaired) electrons. The number of aryl methyl sites for hydroxylation is 1.